The van der Waals surface area contributed by atoms with E-state index < -0.39 is 0 Å². The largest absolute Gasteiger partial charge is 0.493 e. The van der Waals surface area contributed by atoms with E-state index in [1.807, 2.05) is 0 Å². The molecule has 0 aliphatic rings. The Morgan fingerprint density at radius 3 is 2.83 bits per heavy atom. The molecular weight excluding hydrogens is 231 g/mol. The van der Waals surface area contributed by atoms with Gasteiger partial charge in [-0.3, -0.25) is 0 Å². The number of rotatable bonds is 5. The maximum absolute atomic E-state index is 13.3. The molecule has 0 bridgehead atoms. The summed E-state index contributed by atoms with van der Waals surface area (Å²) in [5.41, 5.74) is 0.516. The molecule has 2 nitrogen and oxygen atoms in total. The topological polar surface area (TPSA) is 29.5 Å². The van der Waals surface area contributed by atoms with Crippen molar-refractivity contribution in [2.75, 3.05) is 13.2 Å². The van der Waals surface area contributed by atoms with Crippen LogP contribution in [0.1, 0.15) is 32.3 Å². The van der Waals surface area contributed by atoms with Gasteiger partial charge in [0, 0.05) is 11.6 Å². The van der Waals surface area contributed by atoms with Crippen LogP contribution >= 0.6 is 0 Å². The van der Waals surface area contributed by atoms with Gasteiger partial charge in [-0.1, -0.05) is 32.1 Å². The van der Waals surface area contributed by atoms with E-state index in [0.29, 0.717) is 23.8 Å². The molecule has 1 atom stereocenters. The van der Waals surface area contributed by atoms with Gasteiger partial charge in [0.15, 0.2) is 0 Å². The van der Waals surface area contributed by atoms with Crippen LogP contribution in [0, 0.1) is 23.6 Å². The SMILES string of the molecule is CCCC(C)COc1cc(F)cc(C#CCO)c1. The number of hydrogen-bond donors (Lipinski definition) is 1. The zero-order chi connectivity index (χ0) is 13.4. The highest BCUT2D eigenvalue weighted by Crippen LogP contribution is 2.17. The van der Waals surface area contributed by atoms with Crippen LogP contribution in [0.5, 0.6) is 5.75 Å². The fourth-order valence-corrected chi connectivity index (χ4v) is 1.67. The molecule has 0 heterocycles. The van der Waals surface area contributed by atoms with Crippen LogP contribution in [0.25, 0.3) is 0 Å². The lowest BCUT2D eigenvalue weighted by atomic mass is 10.1. The first kappa shape index (κ1) is 14.5. The molecule has 98 valence electrons. The number of aliphatic hydroxyl groups is 1. The molecule has 1 unspecified atom stereocenters. The van der Waals surface area contributed by atoms with E-state index in [4.69, 9.17) is 9.84 Å². The van der Waals surface area contributed by atoms with Crippen LogP contribution in [0.3, 0.4) is 0 Å². The van der Waals surface area contributed by atoms with Crippen LogP contribution < -0.4 is 4.74 Å². The van der Waals surface area contributed by atoms with Gasteiger partial charge in [-0.2, -0.15) is 0 Å². The second-order valence-electron chi connectivity index (χ2n) is 4.34. The first-order valence-corrected chi connectivity index (χ1v) is 6.18. The second kappa shape index (κ2) is 7.73. The summed E-state index contributed by atoms with van der Waals surface area (Å²) in [6.07, 6.45) is 2.20. The maximum atomic E-state index is 13.3. The molecular formula is C15H19FO2. The Bertz CT molecular complexity index is 432. The van der Waals surface area contributed by atoms with Crippen molar-refractivity contribution in [3.63, 3.8) is 0 Å². The van der Waals surface area contributed by atoms with Crippen molar-refractivity contribution >= 4 is 0 Å². The van der Waals surface area contributed by atoms with Crippen molar-refractivity contribution in [1.29, 1.82) is 0 Å². The third kappa shape index (κ3) is 5.20. The average Bonchev–Trinajstić information content (AvgIpc) is 2.34. The molecule has 0 amide bonds. The maximum Gasteiger partial charge on any atom is 0.128 e. The van der Waals surface area contributed by atoms with E-state index in [1.54, 1.807) is 6.07 Å². The first-order chi connectivity index (χ1) is 8.65. The van der Waals surface area contributed by atoms with E-state index in [1.165, 1.54) is 12.1 Å². The molecule has 0 aromatic heterocycles. The fraction of sp³-hybridized carbons (Fsp3) is 0.467. The molecule has 0 spiro atoms. The first-order valence-electron chi connectivity index (χ1n) is 6.18. The van der Waals surface area contributed by atoms with Gasteiger partial charge in [0.1, 0.15) is 18.2 Å². The van der Waals surface area contributed by atoms with Gasteiger partial charge in [0.2, 0.25) is 0 Å². The summed E-state index contributed by atoms with van der Waals surface area (Å²) in [6, 6.07) is 4.36. The molecule has 1 rings (SSSR count). The van der Waals surface area contributed by atoms with Crippen molar-refractivity contribution in [2.45, 2.75) is 26.7 Å². The minimum absolute atomic E-state index is 0.236. The summed E-state index contributed by atoms with van der Waals surface area (Å²) in [5, 5.41) is 8.60. The van der Waals surface area contributed by atoms with Gasteiger partial charge in [-0.15, -0.1) is 0 Å². The zero-order valence-electron chi connectivity index (χ0n) is 10.9. The molecule has 0 saturated heterocycles. The predicted octanol–water partition coefficient (Wildman–Crippen LogP) is 2.98. The van der Waals surface area contributed by atoms with Crippen LogP contribution in [0.4, 0.5) is 4.39 Å². The Labute approximate surface area is 108 Å². The molecule has 0 aliphatic carbocycles. The summed E-state index contributed by atoms with van der Waals surface area (Å²) in [6.45, 7) is 4.57. The normalized spacial score (nSPS) is 11.6. The number of aliphatic hydroxyl groups excluding tert-OH is 1. The number of halogens is 1. The molecule has 18 heavy (non-hydrogen) atoms. The summed E-state index contributed by atoms with van der Waals surface area (Å²) in [4.78, 5) is 0. The number of hydrogen-bond acceptors (Lipinski definition) is 2. The molecule has 1 N–H and O–H groups in total. The molecule has 0 saturated carbocycles. The number of ether oxygens (including phenoxy) is 1. The van der Waals surface area contributed by atoms with E-state index in [-0.39, 0.29) is 12.4 Å². The zero-order valence-corrected chi connectivity index (χ0v) is 10.9. The van der Waals surface area contributed by atoms with Gasteiger partial charge in [-0.25, -0.2) is 4.39 Å². The fourth-order valence-electron chi connectivity index (χ4n) is 1.67. The lowest BCUT2D eigenvalue weighted by Gasteiger charge is -2.12. The van der Waals surface area contributed by atoms with Crippen molar-refractivity contribution < 1.29 is 14.2 Å². The predicted molar refractivity (Wildman–Crippen MR) is 69.9 cm³/mol. The summed E-state index contributed by atoms with van der Waals surface area (Å²) in [5.74, 6) is 5.71. The van der Waals surface area contributed by atoms with Crippen LogP contribution in [0.2, 0.25) is 0 Å². The van der Waals surface area contributed by atoms with Gasteiger partial charge in [0.25, 0.3) is 0 Å². The third-order valence-electron chi connectivity index (χ3n) is 2.50. The van der Waals surface area contributed by atoms with Gasteiger partial charge < -0.3 is 9.84 Å². The Morgan fingerprint density at radius 2 is 2.17 bits per heavy atom. The minimum atomic E-state index is -0.377. The van der Waals surface area contributed by atoms with E-state index in [0.717, 1.165) is 12.8 Å². The lowest BCUT2D eigenvalue weighted by molar-refractivity contribution is 0.250. The summed E-state index contributed by atoms with van der Waals surface area (Å²) >= 11 is 0. The highest BCUT2D eigenvalue weighted by Gasteiger charge is 2.04. The van der Waals surface area contributed by atoms with Crippen molar-refractivity contribution in [1.82, 2.24) is 0 Å². The molecule has 0 fully saturated rings. The van der Waals surface area contributed by atoms with E-state index in [2.05, 4.69) is 25.7 Å². The Hall–Kier alpha value is -1.53. The Kier molecular flexibility index (Phi) is 6.24. The van der Waals surface area contributed by atoms with E-state index >= 15 is 0 Å². The summed E-state index contributed by atoms with van der Waals surface area (Å²) < 4.78 is 18.9. The molecule has 1 aromatic rings. The standard InChI is InChI=1S/C15H19FO2/c1-3-5-12(2)11-18-15-9-13(6-4-7-17)8-14(16)10-15/h8-10,12,17H,3,5,7,11H2,1-2H3. The van der Waals surface area contributed by atoms with Crippen molar-refractivity contribution in [2.24, 2.45) is 5.92 Å². The molecule has 3 heteroatoms. The van der Waals surface area contributed by atoms with Gasteiger partial charge >= 0.3 is 0 Å². The smallest absolute Gasteiger partial charge is 0.128 e. The van der Waals surface area contributed by atoms with Gasteiger partial charge in [0.05, 0.1) is 6.61 Å². The Morgan fingerprint density at radius 1 is 1.39 bits per heavy atom. The van der Waals surface area contributed by atoms with Crippen molar-refractivity contribution in [3.05, 3.63) is 29.6 Å². The van der Waals surface area contributed by atoms with E-state index in [9.17, 15) is 4.39 Å². The Balaban J connectivity index is 2.68. The molecule has 0 aliphatic heterocycles. The monoisotopic (exact) mass is 250 g/mol. The minimum Gasteiger partial charge on any atom is -0.493 e. The molecule has 0 radical (unpaired) electrons. The molecule has 1 aromatic carbocycles. The lowest BCUT2D eigenvalue weighted by Crippen LogP contribution is -2.08. The van der Waals surface area contributed by atoms with Gasteiger partial charge in [-0.05, 0) is 24.5 Å². The average molecular weight is 250 g/mol. The summed E-state index contributed by atoms with van der Waals surface area (Å²) in [7, 11) is 0. The second-order valence-corrected chi connectivity index (χ2v) is 4.34. The third-order valence-corrected chi connectivity index (χ3v) is 2.50. The highest BCUT2D eigenvalue weighted by atomic mass is 19.1. The highest BCUT2D eigenvalue weighted by molar-refractivity contribution is 5.40. The van der Waals surface area contributed by atoms with Crippen molar-refractivity contribution in [3.8, 4) is 17.6 Å². The van der Waals surface area contributed by atoms with Crippen LogP contribution in [-0.4, -0.2) is 18.3 Å². The number of benzene rings is 1. The quantitative estimate of drug-likeness (QED) is 0.814. The van der Waals surface area contributed by atoms with Crippen LogP contribution in [-0.2, 0) is 0 Å². The van der Waals surface area contributed by atoms with Crippen LogP contribution in [0.15, 0.2) is 18.2 Å².